The second kappa shape index (κ2) is 7.77. The van der Waals surface area contributed by atoms with Gasteiger partial charge in [-0.05, 0) is 12.1 Å². The minimum absolute atomic E-state index is 0.0817. The quantitative estimate of drug-likeness (QED) is 0.579. The van der Waals surface area contributed by atoms with Gasteiger partial charge < -0.3 is 18.8 Å². The van der Waals surface area contributed by atoms with Gasteiger partial charge in [-0.2, -0.15) is 8.78 Å². The van der Waals surface area contributed by atoms with Gasteiger partial charge in [-0.25, -0.2) is 4.98 Å². The molecule has 26 heavy (non-hydrogen) atoms. The Morgan fingerprint density at radius 3 is 2.69 bits per heavy atom. The first-order valence-electron chi connectivity index (χ1n) is 7.63. The van der Waals surface area contributed by atoms with Gasteiger partial charge in [0.25, 0.3) is 0 Å². The third-order valence-corrected chi connectivity index (χ3v) is 4.78. The molecule has 0 aliphatic rings. The predicted octanol–water partition coefficient (Wildman–Crippen LogP) is 3.88. The van der Waals surface area contributed by atoms with Gasteiger partial charge in [0.15, 0.2) is 16.7 Å². The number of fused-ring (bicyclic) bond motifs is 1. The zero-order chi connectivity index (χ0) is 18.7. The van der Waals surface area contributed by atoms with Crippen LogP contribution in [0.25, 0.3) is 11.0 Å². The van der Waals surface area contributed by atoms with Gasteiger partial charge in [0.1, 0.15) is 5.75 Å². The maximum absolute atomic E-state index is 12.4. The van der Waals surface area contributed by atoms with E-state index in [1.807, 2.05) is 11.6 Å². The highest BCUT2D eigenvalue weighted by atomic mass is 32.2. The highest BCUT2D eigenvalue weighted by molar-refractivity contribution is 7.98. The van der Waals surface area contributed by atoms with E-state index < -0.39 is 6.61 Å². The van der Waals surface area contributed by atoms with E-state index >= 15 is 0 Å². The molecular formula is C17H17F2N3O3S. The molecule has 0 saturated carbocycles. The summed E-state index contributed by atoms with van der Waals surface area (Å²) < 4.78 is 41.7. The first kappa shape index (κ1) is 18.2. The number of ether oxygens (including phenoxy) is 3. The van der Waals surface area contributed by atoms with Crippen molar-refractivity contribution >= 4 is 22.8 Å². The van der Waals surface area contributed by atoms with Crippen LogP contribution in [-0.2, 0) is 12.8 Å². The monoisotopic (exact) mass is 381 g/mol. The minimum atomic E-state index is -2.86. The van der Waals surface area contributed by atoms with Gasteiger partial charge in [0.05, 0.1) is 30.9 Å². The van der Waals surface area contributed by atoms with Gasteiger partial charge in [-0.15, -0.1) is 0 Å². The maximum atomic E-state index is 12.4. The van der Waals surface area contributed by atoms with Crippen molar-refractivity contribution < 1.29 is 23.0 Å². The van der Waals surface area contributed by atoms with E-state index in [4.69, 9.17) is 9.47 Å². The molecule has 0 fully saturated rings. The number of alkyl halides is 2. The normalized spacial score (nSPS) is 11.2. The average Bonchev–Trinajstić information content (AvgIpc) is 2.94. The fraction of sp³-hybridized carbons (Fsp3) is 0.294. The van der Waals surface area contributed by atoms with Crippen molar-refractivity contribution in [3.05, 3.63) is 36.2 Å². The zero-order valence-electron chi connectivity index (χ0n) is 14.4. The summed E-state index contributed by atoms with van der Waals surface area (Å²) in [7, 11) is 4.99. The smallest absolute Gasteiger partial charge is 0.387 e. The molecule has 0 amide bonds. The molecule has 3 rings (SSSR count). The number of pyridine rings is 1. The van der Waals surface area contributed by atoms with Crippen molar-refractivity contribution in [2.45, 2.75) is 17.5 Å². The Morgan fingerprint density at radius 2 is 2.00 bits per heavy atom. The molecule has 138 valence electrons. The molecule has 0 N–H and O–H groups in total. The highest BCUT2D eigenvalue weighted by Gasteiger charge is 2.15. The minimum Gasteiger partial charge on any atom is -0.493 e. The van der Waals surface area contributed by atoms with Crippen molar-refractivity contribution in [3.63, 3.8) is 0 Å². The first-order valence-corrected chi connectivity index (χ1v) is 8.62. The lowest BCUT2D eigenvalue weighted by atomic mass is 10.3. The SMILES string of the molecule is COc1ccnc(CSc2nc3cc(OC(F)F)ccc3n2C)c1OC. The summed E-state index contributed by atoms with van der Waals surface area (Å²) >= 11 is 1.46. The molecule has 3 aromatic rings. The van der Waals surface area contributed by atoms with E-state index in [9.17, 15) is 8.78 Å². The number of halogens is 2. The molecule has 0 bridgehead atoms. The largest absolute Gasteiger partial charge is 0.493 e. The molecule has 0 atom stereocenters. The fourth-order valence-corrected chi connectivity index (χ4v) is 3.48. The summed E-state index contributed by atoms with van der Waals surface area (Å²) in [6.45, 7) is -2.86. The molecular weight excluding hydrogens is 364 g/mol. The lowest BCUT2D eigenvalue weighted by Crippen LogP contribution is -2.01. The van der Waals surface area contributed by atoms with Gasteiger partial charge in [0.2, 0.25) is 0 Å². The number of benzene rings is 1. The summed E-state index contributed by atoms with van der Waals surface area (Å²) in [4.78, 5) is 8.83. The summed E-state index contributed by atoms with van der Waals surface area (Å²) in [5.74, 6) is 1.78. The predicted molar refractivity (Wildman–Crippen MR) is 94.2 cm³/mol. The van der Waals surface area contributed by atoms with E-state index in [0.717, 1.165) is 16.4 Å². The Morgan fingerprint density at radius 1 is 1.19 bits per heavy atom. The van der Waals surface area contributed by atoms with Gasteiger partial charge in [-0.3, -0.25) is 4.98 Å². The molecule has 0 spiro atoms. The average molecular weight is 381 g/mol. The van der Waals surface area contributed by atoms with Crippen molar-refractivity contribution in [1.29, 1.82) is 0 Å². The van der Waals surface area contributed by atoms with Crippen LogP contribution in [0.1, 0.15) is 5.69 Å². The number of aryl methyl sites for hydroxylation is 1. The fourth-order valence-electron chi connectivity index (χ4n) is 2.55. The molecule has 6 nitrogen and oxygen atoms in total. The second-order valence-corrected chi connectivity index (χ2v) is 6.21. The number of aromatic nitrogens is 3. The van der Waals surface area contributed by atoms with E-state index in [0.29, 0.717) is 22.8 Å². The Balaban J connectivity index is 1.84. The number of imidazole rings is 1. The van der Waals surface area contributed by atoms with E-state index in [1.54, 1.807) is 32.5 Å². The lowest BCUT2D eigenvalue weighted by molar-refractivity contribution is -0.0497. The van der Waals surface area contributed by atoms with E-state index in [-0.39, 0.29) is 5.75 Å². The Kier molecular flexibility index (Phi) is 5.46. The third kappa shape index (κ3) is 3.67. The number of hydrogen-bond donors (Lipinski definition) is 0. The summed E-state index contributed by atoms with van der Waals surface area (Å²) in [5, 5.41) is 0.723. The maximum Gasteiger partial charge on any atom is 0.387 e. The number of hydrogen-bond acceptors (Lipinski definition) is 6. The van der Waals surface area contributed by atoms with Crippen LogP contribution < -0.4 is 14.2 Å². The number of nitrogens with zero attached hydrogens (tertiary/aromatic N) is 3. The standard InChI is InChI=1S/C17H17F2N3O3S/c1-22-13-5-4-10(25-16(18)19)8-11(13)21-17(22)26-9-12-15(24-3)14(23-2)6-7-20-12/h4-8,16H,9H2,1-3H3. The number of rotatable bonds is 7. The van der Waals surface area contributed by atoms with Crippen LogP contribution in [0.15, 0.2) is 35.6 Å². The van der Waals surface area contributed by atoms with Crippen LogP contribution in [0.5, 0.6) is 17.2 Å². The summed E-state index contributed by atoms with van der Waals surface area (Å²) in [6.07, 6.45) is 1.65. The molecule has 1 aromatic carbocycles. The molecule has 0 aliphatic heterocycles. The first-order chi connectivity index (χ1) is 12.5. The molecule has 0 aliphatic carbocycles. The molecule has 2 aromatic heterocycles. The summed E-state index contributed by atoms with van der Waals surface area (Å²) in [6, 6.07) is 6.42. The summed E-state index contributed by atoms with van der Waals surface area (Å²) in [5.41, 5.74) is 2.13. The zero-order valence-corrected chi connectivity index (χ0v) is 15.2. The molecule has 2 heterocycles. The Bertz CT molecular complexity index is 918. The number of methoxy groups -OCH3 is 2. The van der Waals surface area contributed by atoms with Crippen LogP contribution in [0, 0.1) is 0 Å². The van der Waals surface area contributed by atoms with E-state index in [2.05, 4.69) is 14.7 Å². The van der Waals surface area contributed by atoms with Gasteiger partial charge >= 0.3 is 6.61 Å². The van der Waals surface area contributed by atoms with E-state index in [1.165, 1.54) is 23.9 Å². The topological polar surface area (TPSA) is 58.4 Å². The van der Waals surface area contributed by atoms with Crippen LogP contribution >= 0.6 is 11.8 Å². The molecule has 0 radical (unpaired) electrons. The Labute approximate surface area is 153 Å². The van der Waals surface area contributed by atoms with Crippen LogP contribution in [-0.4, -0.2) is 35.4 Å². The van der Waals surface area contributed by atoms with Gasteiger partial charge in [-0.1, -0.05) is 11.8 Å². The molecule has 0 unspecified atom stereocenters. The van der Waals surface area contributed by atoms with Crippen molar-refractivity contribution in [3.8, 4) is 17.2 Å². The lowest BCUT2D eigenvalue weighted by Gasteiger charge is -2.11. The van der Waals surface area contributed by atoms with Crippen molar-refractivity contribution in [2.24, 2.45) is 7.05 Å². The van der Waals surface area contributed by atoms with Gasteiger partial charge in [0, 0.05) is 31.1 Å². The highest BCUT2D eigenvalue weighted by Crippen LogP contribution is 2.34. The molecule has 0 saturated heterocycles. The number of thioether (sulfide) groups is 1. The molecule has 9 heteroatoms. The van der Waals surface area contributed by atoms with Crippen LogP contribution in [0.2, 0.25) is 0 Å². The van der Waals surface area contributed by atoms with Crippen molar-refractivity contribution in [2.75, 3.05) is 14.2 Å². The van der Waals surface area contributed by atoms with Crippen LogP contribution in [0.4, 0.5) is 8.78 Å². The third-order valence-electron chi connectivity index (χ3n) is 3.74. The Hall–Kier alpha value is -2.55. The second-order valence-electron chi connectivity index (χ2n) is 5.26. The van der Waals surface area contributed by atoms with Crippen LogP contribution in [0.3, 0.4) is 0 Å². The van der Waals surface area contributed by atoms with Crippen molar-refractivity contribution in [1.82, 2.24) is 14.5 Å².